The number of halogens is 4. The van der Waals surface area contributed by atoms with Crippen molar-refractivity contribution in [3.8, 4) is 0 Å². The van der Waals surface area contributed by atoms with E-state index in [9.17, 15) is 27.6 Å². The molecule has 7 nitrogen and oxygen atoms in total. The number of hydrogen-bond donors (Lipinski definition) is 4. The minimum Gasteiger partial charge on any atom is -0.361 e. The SMILES string of the molecule is CCC(Sc1cccc(NC(=O)/C(=C/c2c[nH]c3ccccc23)NC(=O)c2ccccc2)c1)C(=O)Nc1cc(C(F)(F)F)ccc1Cl. The topological polar surface area (TPSA) is 103 Å². The fourth-order valence-electron chi connectivity index (χ4n) is 4.65. The fourth-order valence-corrected chi connectivity index (χ4v) is 5.83. The van der Waals surface area contributed by atoms with Gasteiger partial charge in [0.1, 0.15) is 5.70 Å². The highest BCUT2D eigenvalue weighted by molar-refractivity contribution is 8.00. The van der Waals surface area contributed by atoms with Crippen molar-refractivity contribution in [2.45, 2.75) is 29.7 Å². The Morgan fingerprint density at radius 3 is 2.40 bits per heavy atom. The van der Waals surface area contributed by atoms with Crippen LogP contribution in [0.1, 0.15) is 34.8 Å². The molecule has 0 fully saturated rings. The van der Waals surface area contributed by atoms with E-state index in [-0.39, 0.29) is 16.4 Å². The Morgan fingerprint density at radius 2 is 1.66 bits per heavy atom. The van der Waals surface area contributed by atoms with Crippen molar-refractivity contribution < 1.29 is 27.6 Å². The number of aromatic amines is 1. The predicted molar refractivity (Wildman–Crippen MR) is 180 cm³/mol. The normalized spacial score (nSPS) is 12.4. The third kappa shape index (κ3) is 8.43. The molecule has 5 rings (SSSR count). The minimum absolute atomic E-state index is 0.00504. The molecule has 0 aliphatic rings. The molecular weight excluding hydrogens is 649 g/mol. The molecule has 4 N–H and O–H groups in total. The Kier molecular flexibility index (Phi) is 10.4. The molecular formula is C35H28ClF3N4O3S. The number of carbonyl (C=O) groups excluding carboxylic acids is 3. The van der Waals surface area contributed by atoms with Crippen molar-refractivity contribution in [2.75, 3.05) is 10.6 Å². The van der Waals surface area contributed by atoms with E-state index in [0.29, 0.717) is 28.1 Å². The number of carbonyl (C=O) groups is 3. The molecule has 1 aromatic heterocycles. The summed E-state index contributed by atoms with van der Waals surface area (Å²) in [5.41, 5.74) is 1.26. The molecule has 0 saturated heterocycles. The highest BCUT2D eigenvalue weighted by atomic mass is 35.5. The first-order valence-electron chi connectivity index (χ1n) is 14.4. The number of alkyl halides is 3. The highest BCUT2D eigenvalue weighted by Gasteiger charge is 2.31. The maximum Gasteiger partial charge on any atom is 0.416 e. The third-order valence-corrected chi connectivity index (χ3v) is 8.72. The first-order chi connectivity index (χ1) is 22.5. The van der Waals surface area contributed by atoms with E-state index in [1.54, 1.807) is 73.8 Å². The molecule has 1 atom stereocenters. The Bertz CT molecular complexity index is 1960. The van der Waals surface area contributed by atoms with Crippen molar-refractivity contribution in [2.24, 2.45) is 0 Å². The van der Waals surface area contributed by atoms with Crippen molar-refractivity contribution in [1.82, 2.24) is 10.3 Å². The number of fused-ring (bicyclic) bond motifs is 1. The van der Waals surface area contributed by atoms with Crippen LogP contribution in [0.4, 0.5) is 24.5 Å². The Balaban J connectivity index is 1.34. The van der Waals surface area contributed by atoms with E-state index in [1.165, 1.54) is 11.8 Å². The first-order valence-corrected chi connectivity index (χ1v) is 15.7. The van der Waals surface area contributed by atoms with Gasteiger partial charge in [-0.25, -0.2) is 0 Å². The number of hydrogen-bond acceptors (Lipinski definition) is 4. The summed E-state index contributed by atoms with van der Waals surface area (Å²) in [7, 11) is 0. The van der Waals surface area contributed by atoms with Gasteiger partial charge in [-0.05, 0) is 67.1 Å². The second-order valence-electron chi connectivity index (χ2n) is 10.3. The second-order valence-corrected chi connectivity index (χ2v) is 12.0. The molecule has 1 heterocycles. The summed E-state index contributed by atoms with van der Waals surface area (Å²) in [4.78, 5) is 43.5. The van der Waals surface area contributed by atoms with Crippen molar-refractivity contribution in [1.29, 1.82) is 0 Å². The van der Waals surface area contributed by atoms with Crippen LogP contribution in [0, 0.1) is 0 Å². The molecule has 0 aliphatic carbocycles. The number of benzene rings is 4. The highest BCUT2D eigenvalue weighted by Crippen LogP contribution is 2.35. The summed E-state index contributed by atoms with van der Waals surface area (Å²) in [5, 5.41) is 8.21. The average Bonchev–Trinajstić information content (AvgIpc) is 3.47. The molecule has 0 bridgehead atoms. The molecule has 240 valence electrons. The van der Waals surface area contributed by atoms with Crippen LogP contribution >= 0.6 is 23.4 Å². The summed E-state index contributed by atoms with van der Waals surface area (Å²) < 4.78 is 39.6. The van der Waals surface area contributed by atoms with E-state index >= 15 is 0 Å². The molecule has 4 aromatic carbocycles. The van der Waals surface area contributed by atoms with Gasteiger partial charge < -0.3 is 20.9 Å². The molecule has 0 radical (unpaired) electrons. The summed E-state index contributed by atoms with van der Waals surface area (Å²) in [6.45, 7) is 1.77. The largest absolute Gasteiger partial charge is 0.416 e. The van der Waals surface area contributed by atoms with Crippen LogP contribution < -0.4 is 16.0 Å². The van der Waals surface area contributed by atoms with Gasteiger partial charge in [0, 0.05) is 38.8 Å². The number of rotatable bonds is 10. The monoisotopic (exact) mass is 676 g/mol. The van der Waals surface area contributed by atoms with Crippen molar-refractivity contribution in [3.05, 3.63) is 131 Å². The smallest absolute Gasteiger partial charge is 0.361 e. The van der Waals surface area contributed by atoms with Gasteiger partial charge in [0.2, 0.25) is 5.91 Å². The summed E-state index contributed by atoms with van der Waals surface area (Å²) in [6.07, 6.45) is -0.911. The van der Waals surface area contributed by atoms with Gasteiger partial charge in [0.25, 0.3) is 11.8 Å². The standard InChI is InChI=1S/C35H28ClF3N4O3S/c1-2-31(34(46)42-29-18-23(35(37,38)39)15-16-27(29)36)47-25-12-8-11-24(19-25)41-33(45)30(43-32(44)21-9-4-3-5-10-21)17-22-20-40-28-14-7-6-13-26(22)28/h3-20,31,40H,2H2,1H3,(H,41,45)(H,42,46)(H,43,44)/b30-17-. The molecule has 0 aliphatic heterocycles. The summed E-state index contributed by atoms with van der Waals surface area (Å²) >= 11 is 7.25. The summed E-state index contributed by atoms with van der Waals surface area (Å²) in [5.74, 6) is -1.57. The van der Waals surface area contributed by atoms with E-state index in [4.69, 9.17) is 11.6 Å². The van der Waals surface area contributed by atoms with Gasteiger partial charge in [-0.1, -0.05) is 61.0 Å². The Morgan fingerprint density at radius 1 is 0.915 bits per heavy atom. The predicted octanol–water partition coefficient (Wildman–Crippen LogP) is 8.76. The molecule has 47 heavy (non-hydrogen) atoms. The maximum absolute atomic E-state index is 13.6. The van der Waals surface area contributed by atoms with Gasteiger partial charge in [0.05, 0.1) is 21.5 Å². The van der Waals surface area contributed by atoms with Crippen molar-refractivity contribution >= 4 is 69.4 Å². The number of amides is 3. The van der Waals surface area contributed by atoms with Gasteiger partial charge in [-0.3, -0.25) is 14.4 Å². The third-order valence-electron chi connectivity index (χ3n) is 7.03. The van der Waals surface area contributed by atoms with Gasteiger partial charge in [-0.15, -0.1) is 11.8 Å². The van der Waals surface area contributed by atoms with Crippen LogP contribution in [-0.2, 0) is 15.8 Å². The molecule has 0 saturated carbocycles. The van der Waals surface area contributed by atoms with Crippen LogP contribution in [0.5, 0.6) is 0 Å². The minimum atomic E-state index is -4.59. The van der Waals surface area contributed by atoms with E-state index in [1.807, 2.05) is 24.3 Å². The zero-order valence-electron chi connectivity index (χ0n) is 24.8. The van der Waals surface area contributed by atoms with Crippen LogP contribution in [0.15, 0.2) is 114 Å². The fraction of sp³-hybridized carbons (Fsp3) is 0.114. The quantitative estimate of drug-likeness (QED) is 0.0877. The lowest BCUT2D eigenvalue weighted by Crippen LogP contribution is -2.30. The van der Waals surface area contributed by atoms with Gasteiger partial charge in [0.15, 0.2) is 0 Å². The lowest BCUT2D eigenvalue weighted by Gasteiger charge is -2.17. The van der Waals surface area contributed by atoms with Gasteiger partial charge in [-0.2, -0.15) is 13.2 Å². The zero-order chi connectivity index (χ0) is 33.6. The molecule has 3 amide bonds. The van der Waals surface area contributed by atoms with Crippen molar-refractivity contribution in [3.63, 3.8) is 0 Å². The average molecular weight is 677 g/mol. The van der Waals surface area contributed by atoms with Crippen LogP contribution in [0.2, 0.25) is 5.02 Å². The number of para-hydroxylation sites is 1. The lowest BCUT2D eigenvalue weighted by atomic mass is 10.1. The number of nitrogens with one attached hydrogen (secondary N) is 4. The molecule has 0 spiro atoms. The van der Waals surface area contributed by atoms with Crippen LogP contribution in [0.25, 0.3) is 17.0 Å². The molecule has 5 aromatic rings. The molecule has 12 heteroatoms. The lowest BCUT2D eigenvalue weighted by molar-refractivity contribution is -0.137. The molecule has 1 unspecified atom stereocenters. The maximum atomic E-state index is 13.6. The zero-order valence-corrected chi connectivity index (χ0v) is 26.4. The first kappa shape index (κ1) is 33.4. The Hall–Kier alpha value is -5.00. The van der Waals surface area contributed by atoms with E-state index in [0.717, 1.165) is 29.1 Å². The number of thioether (sulfide) groups is 1. The van der Waals surface area contributed by atoms with Gasteiger partial charge >= 0.3 is 6.18 Å². The Labute approximate surface area is 277 Å². The second kappa shape index (κ2) is 14.6. The van der Waals surface area contributed by atoms with E-state index in [2.05, 4.69) is 20.9 Å². The van der Waals surface area contributed by atoms with Crippen LogP contribution in [0.3, 0.4) is 0 Å². The number of H-pyrrole nitrogens is 1. The van der Waals surface area contributed by atoms with E-state index < -0.39 is 34.7 Å². The summed E-state index contributed by atoms with van der Waals surface area (Å²) in [6, 6.07) is 25.5. The number of anilines is 2. The van der Waals surface area contributed by atoms with Crippen LogP contribution in [-0.4, -0.2) is 28.0 Å². The number of aromatic nitrogens is 1.